The van der Waals surface area contributed by atoms with Gasteiger partial charge in [-0.25, -0.2) is 9.36 Å². The molecule has 148 valence electrons. The standard InChI is InChI=1S/C18H20N4O6/c1-19-14(23)9-20-15(24)12-28-17(26)11-22-16(25)7-8-21(18(22)27)10-13-5-3-2-4-6-13/h2-8H,9-12H2,1H3,(H,19,23)(H,20,24). The molecule has 0 radical (unpaired) electrons. The number of nitrogens with one attached hydrogen (secondary N) is 2. The molecule has 0 spiro atoms. The van der Waals surface area contributed by atoms with Gasteiger partial charge in [0.15, 0.2) is 6.61 Å². The van der Waals surface area contributed by atoms with E-state index in [1.54, 1.807) is 0 Å². The molecular weight excluding hydrogens is 368 g/mol. The van der Waals surface area contributed by atoms with E-state index in [0.29, 0.717) is 0 Å². The van der Waals surface area contributed by atoms with Crippen LogP contribution in [-0.2, 0) is 32.2 Å². The second-order valence-corrected chi connectivity index (χ2v) is 5.75. The third-order valence-electron chi connectivity index (χ3n) is 3.71. The normalized spacial score (nSPS) is 10.2. The lowest BCUT2D eigenvalue weighted by molar-refractivity contribution is -0.149. The van der Waals surface area contributed by atoms with E-state index < -0.39 is 42.2 Å². The van der Waals surface area contributed by atoms with Crippen LogP contribution in [0.2, 0.25) is 0 Å². The van der Waals surface area contributed by atoms with Crippen LogP contribution in [0.3, 0.4) is 0 Å². The number of likely N-dealkylation sites (N-methyl/N-ethyl adjacent to an activating group) is 1. The lowest BCUT2D eigenvalue weighted by Crippen LogP contribution is -2.42. The Morgan fingerprint density at radius 2 is 1.75 bits per heavy atom. The van der Waals surface area contributed by atoms with Crippen LogP contribution in [-0.4, -0.2) is 47.1 Å². The smallest absolute Gasteiger partial charge is 0.331 e. The fourth-order valence-corrected chi connectivity index (χ4v) is 2.24. The minimum atomic E-state index is -0.924. The lowest BCUT2D eigenvalue weighted by atomic mass is 10.2. The molecule has 2 aromatic rings. The number of aromatic nitrogens is 2. The number of benzene rings is 1. The predicted octanol–water partition coefficient (Wildman–Crippen LogP) is -1.54. The maximum absolute atomic E-state index is 12.5. The molecule has 0 aliphatic rings. The number of carbonyl (C=O) groups is 3. The molecule has 0 aliphatic carbocycles. The summed E-state index contributed by atoms with van der Waals surface area (Å²) in [6, 6.07) is 10.3. The maximum atomic E-state index is 12.5. The number of nitrogens with zero attached hydrogens (tertiary/aromatic N) is 2. The van der Waals surface area contributed by atoms with Crippen molar-refractivity contribution in [3.8, 4) is 0 Å². The molecule has 10 nitrogen and oxygen atoms in total. The maximum Gasteiger partial charge on any atom is 0.331 e. The van der Waals surface area contributed by atoms with Crippen LogP contribution < -0.4 is 21.9 Å². The van der Waals surface area contributed by atoms with Gasteiger partial charge in [-0.1, -0.05) is 30.3 Å². The third kappa shape index (κ3) is 5.94. The molecular formula is C18H20N4O6. The molecule has 28 heavy (non-hydrogen) atoms. The van der Waals surface area contributed by atoms with Gasteiger partial charge in [0, 0.05) is 19.3 Å². The Morgan fingerprint density at radius 3 is 2.43 bits per heavy atom. The molecule has 1 aromatic heterocycles. The van der Waals surface area contributed by atoms with E-state index in [9.17, 15) is 24.0 Å². The summed E-state index contributed by atoms with van der Waals surface area (Å²) in [4.78, 5) is 58.8. The first kappa shape index (κ1) is 20.6. The van der Waals surface area contributed by atoms with E-state index in [4.69, 9.17) is 4.74 Å². The summed E-state index contributed by atoms with van der Waals surface area (Å²) in [5.74, 6) is -2.01. The molecule has 0 atom stereocenters. The van der Waals surface area contributed by atoms with Crippen molar-refractivity contribution in [1.82, 2.24) is 19.8 Å². The van der Waals surface area contributed by atoms with Gasteiger partial charge in [-0.3, -0.25) is 23.7 Å². The van der Waals surface area contributed by atoms with E-state index in [1.165, 1.54) is 23.9 Å². The van der Waals surface area contributed by atoms with E-state index in [1.807, 2.05) is 30.3 Å². The summed E-state index contributed by atoms with van der Waals surface area (Å²) in [6.45, 7) is -1.28. The van der Waals surface area contributed by atoms with Crippen LogP contribution in [0.1, 0.15) is 5.56 Å². The number of hydrogen-bond donors (Lipinski definition) is 2. The van der Waals surface area contributed by atoms with E-state index in [0.717, 1.165) is 10.1 Å². The Balaban J connectivity index is 1.99. The van der Waals surface area contributed by atoms with Gasteiger partial charge >= 0.3 is 11.7 Å². The highest BCUT2D eigenvalue weighted by atomic mass is 16.5. The van der Waals surface area contributed by atoms with Gasteiger partial charge in [0.25, 0.3) is 11.5 Å². The minimum absolute atomic E-state index is 0.233. The molecule has 0 unspecified atom stereocenters. The Labute approximate surface area is 159 Å². The highest BCUT2D eigenvalue weighted by Gasteiger charge is 2.13. The molecule has 0 saturated heterocycles. The SMILES string of the molecule is CNC(=O)CNC(=O)COC(=O)Cn1c(=O)ccn(Cc2ccccc2)c1=O. The number of esters is 1. The molecule has 0 fully saturated rings. The number of amides is 2. The zero-order valence-corrected chi connectivity index (χ0v) is 15.2. The van der Waals surface area contributed by atoms with E-state index >= 15 is 0 Å². The van der Waals surface area contributed by atoms with Crippen LogP contribution in [0, 0.1) is 0 Å². The fourth-order valence-electron chi connectivity index (χ4n) is 2.24. The van der Waals surface area contributed by atoms with Gasteiger partial charge in [0.05, 0.1) is 13.1 Å². The van der Waals surface area contributed by atoms with Crippen LogP contribution >= 0.6 is 0 Å². The molecule has 2 N–H and O–H groups in total. The van der Waals surface area contributed by atoms with Crippen molar-refractivity contribution in [1.29, 1.82) is 0 Å². The summed E-state index contributed by atoms with van der Waals surface area (Å²) in [5.41, 5.74) is -0.474. The van der Waals surface area contributed by atoms with Crippen LogP contribution in [0.4, 0.5) is 0 Å². The topological polar surface area (TPSA) is 128 Å². The van der Waals surface area contributed by atoms with Gasteiger partial charge < -0.3 is 15.4 Å². The summed E-state index contributed by atoms with van der Waals surface area (Å²) < 4.78 is 6.77. The molecule has 2 amide bonds. The molecule has 2 rings (SSSR count). The zero-order valence-electron chi connectivity index (χ0n) is 15.2. The van der Waals surface area contributed by atoms with Crippen LogP contribution in [0.25, 0.3) is 0 Å². The van der Waals surface area contributed by atoms with Gasteiger partial charge in [-0.05, 0) is 5.56 Å². The number of hydrogen-bond acceptors (Lipinski definition) is 6. The Kier molecular flexibility index (Phi) is 7.26. The van der Waals surface area contributed by atoms with E-state index in [-0.39, 0.29) is 13.1 Å². The summed E-state index contributed by atoms with van der Waals surface area (Å²) in [7, 11) is 1.41. The first-order valence-corrected chi connectivity index (χ1v) is 8.38. The van der Waals surface area contributed by atoms with Crippen molar-refractivity contribution in [2.24, 2.45) is 0 Å². The minimum Gasteiger partial charge on any atom is -0.454 e. The average molecular weight is 388 g/mol. The molecule has 1 heterocycles. The summed E-state index contributed by atoms with van der Waals surface area (Å²) >= 11 is 0. The third-order valence-corrected chi connectivity index (χ3v) is 3.71. The van der Waals surface area contributed by atoms with Crippen molar-refractivity contribution < 1.29 is 19.1 Å². The molecule has 0 aliphatic heterocycles. The van der Waals surface area contributed by atoms with Crippen LogP contribution in [0.5, 0.6) is 0 Å². The van der Waals surface area contributed by atoms with Crippen LogP contribution in [0.15, 0.2) is 52.2 Å². The predicted molar refractivity (Wildman–Crippen MR) is 98.5 cm³/mol. The van der Waals surface area contributed by atoms with E-state index in [2.05, 4.69) is 10.6 Å². The quantitative estimate of drug-likeness (QED) is 0.528. The Hall–Kier alpha value is -3.69. The Bertz CT molecular complexity index is 964. The summed E-state index contributed by atoms with van der Waals surface area (Å²) in [6.07, 6.45) is 1.35. The van der Waals surface area contributed by atoms with Gasteiger partial charge in [-0.2, -0.15) is 0 Å². The second-order valence-electron chi connectivity index (χ2n) is 5.75. The first-order chi connectivity index (χ1) is 13.4. The zero-order chi connectivity index (χ0) is 20.5. The molecule has 10 heteroatoms. The fraction of sp³-hybridized carbons (Fsp3) is 0.278. The van der Waals surface area contributed by atoms with Gasteiger partial charge in [-0.15, -0.1) is 0 Å². The monoisotopic (exact) mass is 388 g/mol. The lowest BCUT2D eigenvalue weighted by Gasteiger charge is -2.10. The second kappa shape index (κ2) is 9.86. The number of ether oxygens (including phenoxy) is 1. The average Bonchev–Trinajstić information content (AvgIpc) is 2.70. The largest absolute Gasteiger partial charge is 0.454 e. The van der Waals surface area contributed by atoms with Crippen molar-refractivity contribution in [3.05, 3.63) is 69.0 Å². The number of carbonyl (C=O) groups excluding carboxylic acids is 3. The summed E-state index contributed by atoms with van der Waals surface area (Å²) in [5, 5.41) is 4.57. The first-order valence-electron chi connectivity index (χ1n) is 8.38. The van der Waals surface area contributed by atoms with Crippen molar-refractivity contribution in [3.63, 3.8) is 0 Å². The van der Waals surface area contributed by atoms with Crippen molar-refractivity contribution >= 4 is 17.8 Å². The van der Waals surface area contributed by atoms with Gasteiger partial charge in [0.2, 0.25) is 5.91 Å². The van der Waals surface area contributed by atoms with Crippen molar-refractivity contribution in [2.75, 3.05) is 20.2 Å². The highest BCUT2D eigenvalue weighted by Crippen LogP contribution is 1.99. The number of rotatable bonds is 8. The van der Waals surface area contributed by atoms with Crippen molar-refractivity contribution in [2.45, 2.75) is 13.1 Å². The Morgan fingerprint density at radius 1 is 1.04 bits per heavy atom. The van der Waals surface area contributed by atoms with Gasteiger partial charge in [0.1, 0.15) is 6.54 Å². The molecule has 0 saturated carbocycles. The molecule has 1 aromatic carbocycles. The molecule has 0 bridgehead atoms. The highest BCUT2D eigenvalue weighted by molar-refractivity contribution is 5.86.